The van der Waals surface area contributed by atoms with Gasteiger partial charge in [0.2, 0.25) is 0 Å². The highest BCUT2D eigenvalue weighted by atomic mass is 127. The average molecular weight is 356 g/mol. The normalized spacial score (nSPS) is 10.6. The van der Waals surface area contributed by atoms with Crippen LogP contribution < -0.4 is 5.73 Å². The number of aryl methyl sites for hydroxylation is 1. The summed E-state index contributed by atoms with van der Waals surface area (Å²) in [5.74, 6) is 1.09. The van der Waals surface area contributed by atoms with Crippen molar-refractivity contribution in [1.29, 1.82) is 0 Å². The summed E-state index contributed by atoms with van der Waals surface area (Å²) in [6.07, 6.45) is 3.50. The molecule has 0 spiro atoms. The number of hydrogen-bond donors (Lipinski definition) is 1. The number of hydrogen-bond acceptors (Lipinski definition) is 5. The molecule has 0 amide bonds. The Morgan fingerprint density at radius 2 is 2.17 bits per heavy atom. The standard InChI is InChI=1S/C12H13IN4O/c1-7-5-15-4-3-8(7)12-16-9(6-18-2)10(13)11(14)17-12/h3-5H,6H2,1-2H3,(H2,14,16,17). The third-order valence-electron chi connectivity index (χ3n) is 2.49. The van der Waals surface area contributed by atoms with Crippen molar-refractivity contribution in [2.24, 2.45) is 0 Å². The van der Waals surface area contributed by atoms with Crippen LogP contribution in [-0.4, -0.2) is 22.1 Å². The lowest BCUT2D eigenvalue weighted by Crippen LogP contribution is -2.06. The van der Waals surface area contributed by atoms with E-state index in [1.54, 1.807) is 19.5 Å². The van der Waals surface area contributed by atoms with Gasteiger partial charge in [-0.2, -0.15) is 0 Å². The molecule has 0 fully saturated rings. The highest BCUT2D eigenvalue weighted by Crippen LogP contribution is 2.24. The zero-order valence-electron chi connectivity index (χ0n) is 10.1. The smallest absolute Gasteiger partial charge is 0.162 e. The van der Waals surface area contributed by atoms with Gasteiger partial charge in [-0.25, -0.2) is 9.97 Å². The lowest BCUT2D eigenvalue weighted by atomic mass is 10.1. The fraction of sp³-hybridized carbons (Fsp3) is 0.250. The monoisotopic (exact) mass is 356 g/mol. The molecule has 0 aliphatic rings. The number of pyridine rings is 1. The minimum absolute atomic E-state index is 0.419. The number of anilines is 1. The number of methoxy groups -OCH3 is 1. The molecule has 2 heterocycles. The third-order valence-corrected chi connectivity index (χ3v) is 3.66. The van der Waals surface area contributed by atoms with Crippen LogP contribution in [0.1, 0.15) is 11.3 Å². The van der Waals surface area contributed by atoms with Gasteiger partial charge in [-0.3, -0.25) is 4.98 Å². The van der Waals surface area contributed by atoms with Crippen LogP contribution in [0, 0.1) is 10.5 Å². The van der Waals surface area contributed by atoms with Crippen molar-refractivity contribution in [3.8, 4) is 11.4 Å². The maximum absolute atomic E-state index is 5.91. The van der Waals surface area contributed by atoms with Gasteiger partial charge in [-0.05, 0) is 41.1 Å². The number of nitrogens with zero attached hydrogens (tertiary/aromatic N) is 3. The van der Waals surface area contributed by atoms with Crippen LogP contribution >= 0.6 is 22.6 Å². The summed E-state index contributed by atoms with van der Waals surface area (Å²) in [6, 6.07) is 1.88. The van der Waals surface area contributed by atoms with Gasteiger partial charge < -0.3 is 10.5 Å². The minimum atomic E-state index is 0.419. The molecule has 2 aromatic rings. The van der Waals surface area contributed by atoms with Crippen LogP contribution in [0.5, 0.6) is 0 Å². The summed E-state index contributed by atoms with van der Waals surface area (Å²) in [5.41, 5.74) is 8.66. The topological polar surface area (TPSA) is 73.9 Å². The van der Waals surface area contributed by atoms with Crippen molar-refractivity contribution in [1.82, 2.24) is 15.0 Å². The van der Waals surface area contributed by atoms with Crippen LogP contribution in [0.4, 0.5) is 5.82 Å². The number of nitrogens with two attached hydrogens (primary N) is 1. The number of ether oxygens (including phenoxy) is 1. The first-order chi connectivity index (χ1) is 8.63. The molecule has 2 aromatic heterocycles. The van der Waals surface area contributed by atoms with E-state index in [-0.39, 0.29) is 0 Å². The SMILES string of the molecule is COCc1nc(-c2ccncc2C)nc(N)c1I. The Balaban J connectivity index is 2.56. The zero-order chi connectivity index (χ0) is 13.1. The number of rotatable bonds is 3. The molecule has 0 bridgehead atoms. The minimum Gasteiger partial charge on any atom is -0.383 e. The quantitative estimate of drug-likeness (QED) is 0.854. The second-order valence-corrected chi connectivity index (χ2v) is 4.90. The first-order valence-corrected chi connectivity index (χ1v) is 6.43. The third kappa shape index (κ3) is 2.59. The van der Waals surface area contributed by atoms with Gasteiger partial charge in [0.15, 0.2) is 5.82 Å². The van der Waals surface area contributed by atoms with Crippen LogP contribution in [0.15, 0.2) is 18.5 Å². The van der Waals surface area contributed by atoms with E-state index >= 15 is 0 Å². The summed E-state index contributed by atoms with van der Waals surface area (Å²) in [6.45, 7) is 2.39. The Kier molecular flexibility index (Phi) is 4.07. The number of halogens is 1. The molecule has 2 N–H and O–H groups in total. The highest BCUT2D eigenvalue weighted by molar-refractivity contribution is 14.1. The van der Waals surface area contributed by atoms with E-state index in [0.717, 1.165) is 20.4 Å². The Labute approximate surface area is 119 Å². The van der Waals surface area contributed by atoms with Crippen LogP contribution in [-0.2, 0) is 11.3 Å². The molecule has 94 valence electrons. The predicted molar refractivity (Wildman–Crippen MR) is 77.8 cm³/mol. The van der Waals surface area contributed by atoms with Crippen molar-refractivity contribution >= 4 is 28.4 Å². The lowest BCUT2D eigenvalue weighted by molar-refractivity contribution is 0.181. The second kappa shape index (κ2) is 5.57. The molecule has 0 saturated carbocycles. The van der Waals surface area contributed by atoms with Gasteiger partial charge in [0.1, 0.15) is 5.82 Å². The fourth-order valence-corrected chi connectivity index (χ4v) is 1.99. The highest BCUT2D eigenvalue weighted by Gasteiger charge is 2.12. The number of nitrogen functional groups attached to an aromatic ring is 1. The van der Waals surface area contributed by atoms with Crippen molar-refractivity contribution in [3.63, 3.8) is 0 Å². The molecule has 0 atom stereocenters. The second-order valence-electron chi connectivity index (χ2n) is 3.82. The number of aromatic nitrogens is 3. The molecular formula is C12H13IN4O. The molecule has 0 aliphatic heterocycles. The molecular weight excluding hydrogens is 343 g/mol. The van der Waals surface area contributed by atoms with E-state index in [9.17, 15) is 0 Å². The molecule has 18 heavy (non-hydrogen) atoms. The van der Waals surface area contributed by atoms with E-state index in [0.29, 0.717) is 18.2 Å². The molecule has 0 unspecified atom stereocenters. The fourth-order valence-electron chi connectivity index (χ4n) is 1.59. The van der Waals surface area contributed by atoms with Crippen LogP contribution in [0.25, 0.3) is 11.4 Å². The molecule has 2 rings (SSSR count). The van der Waals surface area contributed by atoms with Gasteiger partial charge in [0, 0.05) is 25.1 Å². The molecule has 0 aliphatic carbocycles. The summed E-state index contributed by atoms with van der Waals surface area (Å²) in [7, 11) is 1.63. The van der Waals surface area contributed by atoms with Gasteiger partial charge >= 0.3 is 0 Å². The van der Waals surface area contributed by atoms with E-state index in [1.807, 2.05) is 13.0 Å². The summed E-state index contributed by atoms with van der Waals surface area (Å²) >= 11 is 2.13. The van der Waals surface area contributed by atoms with Crippen molar-refractivity contribution < 1.29 is 4.74 Å². The molecule has 6 heteroatoms. The average Bonchev–Trinajstić information content (AvgIpc) is 2.35. The van der Waals surface area contributed by atoms with Gasteiger partial charge in [0.25, 0.3) is 0 Å². The Morgan fingerprint density at radius 3 is 2.83 bits per heavy atom. The maximum atomic E-state index is 5.91. The van der Waals surface area contributed by atoms with Gasteiger partial charge in [-0.1, -0.05) is 0 Å². The summed E-state index contributed by atoms with van der Waals surface area (Å²) in [4.78, 5) is 12.9. The van der Waals surface area contributed by atoms with E-state index < -0.39 is 0 Å². The molecule has 0 radical (unpaired) electrons. The van der Waals surface area contributed by atoms with Crippen molar-refractivity contribution in [2.45, 2.75) is 13.5 Å². The van der Waals surface area contributed by atoms with Crippen molar-refractivity contribution in [2.75, 3.05) is 12.8 Å². The predicted octanol–water partition coefficient (Wildman–Crippen LogP) is 2.18. The first-order valence-electron chi connectivity index (χ1n) is 5.35. The maximum Gasteiger partial charge on any atom is 0.162 e. The van der Waals surface area contributed by atoms with Crippen LogP contribution in [0.2, 0.25) is 0 Å². The Morgan fingerprint density at radius 1 is 1.39 bits per heavy atom. The zero-order valence-corrected chi connectivity index (χ0v) is 12.3. The largest absolute Gasteiger partial charge is 0.383 e. The van der Waals surface area contributed by atoms with Crippen molar-refractivity contribution in [3.05, 3.63) is 33.3 Å². The van der Waals surface area contributed by atoms with Crippen LogP contribution in [0.3, 0.4) is 0 Å². The van der Waals surface area contributed by atoms with E-state index in [4.69, 9.17) is 10.5 Å². The molecule has 0 aromatic carbocycles. The first kappa shape index (κ1) is 13.2. The van der Waals surface area contributed by atoms with Gasteiger partial charge in [0.05, 0.1) is 15.9 Å². The lowest BCUT2D eigenvalue weighted by Gasteiger charge is -2.09. The van der Waals surface area contributed by atoms with E-state index in [1.165, 1.54) is 0 Å². The molecule has 5 nitrogen and oxygen atoms in total. The Hall–Kier alpha value is -1.28. The van der Waals surface area contributed by atoms with Gasteiger partial charge in [-0.15, -0.1) is 0 Å². The molecule has 0 saturated heterocycles. The Bertz CT molecular complexity index is 574. The van der Waals surface area contributed by atoms with E-state index in [2.05, 4.69) is 37.5 Å². The summed E-state index contributed by atoms with van der Waals surface area (Å²) < 4.78 is 5.96. The summed E-state index contributed by atoms with van der Waals surface area (Å²) in [5, 5.41) is 0.